The second-order valence-electron chi connectivity index (χ2n) is 8.71. The van der Waals surface area contributed by atoms with Crippen LogP contribution in [0.25, 0.3) is 0 Å². The average molecular weight is 402 g/mol. The third kappa shape index (κ3) is 3.88. The minimum atomic E-state index is -0.255. The number of likely N-dealkylation sites (tertiary alicyclic amines) is 2. The molecule has 2 fully saturated rings. The molecule has 2 atom stereocenters. The van der Waals surface area contributed by atoms with Crippen molar-refractivity contribution in [3.05, 3.63) is 40.3 Å². The first kappa shape index (κ1) is 19.6. The van der Waals surface area contributed by atoms with Gasteiger partial charge in [0.15, 0.2) is 0 Å². The topological polar surface area (TPSA) is 44.6 Å². The molecule has 28 heavy (non-hydrogen) atoms. The third-order valence-corrected chi connectivity index (χ3v) is 7.06. The molecule has 2 saturated heterocycles. The van der Waals surface area contributed by atoms with Crippen LogP contribution in [-0.4, -0.2) is 70.7 Å². The molecule has 0 bridgehead atoms. The van der Waals surface area contributed by atoms with E-state index in [1.807, 2.05) is 36.9 Å². The largest absolute Gasteiger partial charge is 0.348 e. The normalized spacial score (nSPS) is 26.2. The SMILES string of the molecule is CN(C)C(=O)[C@]12CCCN(Cc3ccsc3)C[C@H]1CN(Cc1cnn(C)c1)C2. The van der Waals surface area contributed by atoms with Crippen LogP contribution in [0.1, 0.15) is 24.0 Å². The lowest BCUT2D eigenvalue weighted by atomic mass is 9.74. The number of hydrogen-bond donors (Lipinski definition) is 0. The van der Waals surface area contributed by atoms with Crippen LogP contribution in [0.5, 0.6) is 0 Å². The van der Waals surface area contributed by atoms with E-state index in [0.717, 1.165) is 52.1 Å². The van der Waals surface area contributed by atoms with Gasteiger partial charge in [0.1, 0.15) is 0 Å². The maximum Gasteiger partial charge on any atom is 0.229 e. The molecule has 6 nitrogen and oxygen atoms in total. The number of hydrogen-bond acceptors (Lipinski definition) is 5. The number of amides is 1. The van der Waals surface area contributed by atoms with Crippen molar-refractivity contribution in [2.45, 2.75) is 25.9 Å². The first-order valence-electron chi connectivity index (χ1n) is 10.1. The molecule has 0 aliphatic carbocycles. The fourth-order valence-corrected chi connectivity index (χ4v) is 5.79. The van der Waals surface area contributed by atoms with Crippen molar-refractivity contribution in [2.75, 3.05) is 40.3 Å². The molecule has 4 heterocycles. The second kappa shape index (κ2) is 7.97. The summed E-state index contributed by atoms with van der Waals surface area (Å²) < 4.78 is 1.85. The Labute approximate surface area is 171 Å². The Bertz CT molecular complexity index is 802. The number of thiophene rings is 1. The number of nitrogens with zero attached hydrogens (tertiary/aromatic N) is 5. The van der Waals surface area contributed by atoms with Crippen LogP contribution in [0.15, 0.2) is 29.2 Å². The van der Waals surface area contributed by atoms with Crippen LogP contribution < -0.4 is 0 Å². The highest BCUT2D eigenvalue weighted by Crippen LogP contribution is 2.44. The summed E-state index contributed by atoms with van der Waals surface area (Å²) in [4.78, 5) is 20.2. The third-order valence-electron chi connectivity index (χ3n) is 6.32. The van der Waals surface area contributed by atoms with Crippen molar-refractivity contribution in [2.24, 2.45) is 18.4 Å². The number of fused-ring (bicyclic) bond motifs is 1. The van der Waals surface area contributed by atoms with Gasteiger partial charge in [0.25, 0.3) is 0 Å². The highest BCUT2D eigenvalue weighted by molar-refractivity contribution is 7.07. The predicted molar refractivity (Wildman–Crippen MR) is 112 cm³/mol. The van der Waals surface area contributed by atoms with Gasteiger partial charge in [-0.05, 0) is 47.7 Å². The van der Waals surface area contributed by atoms with Crippen molar-refractivity contribution < 1.29 is 4.79 Å². The first-order chi connectivity index (χ1) is 13.5. The number of carbonyl (C=O) groups excluding carboxylic acids is 1. The molecule has 0 aromatic carbocycles. The molecule has 0 saturated carbocycles. The molecule has 152 valence electrons. The summed E-state index contributed by atoms with van der Waals surface area (Å²) in [6.07, 6.45) is 6.09. The summed E-state index contributed by atoms with van der Waals surface area (Å²) >= 11 is 1.76. The fraction of sp³-hybridized carbons (Fsp3) is 0.619. The first-order valence-corrected chi connectivity index (χ1v) is 11.1. The van der Waals surface area contributed by atoms with Crippen molar-refractivity contribution in [1.29, 1.82) is 0 Å². The molecule has 4 rings (SSSR count). The zero-order chi connectivity index (χ0) is 19.7. The van der Waals surface area contributed by atoms with Crippen LogP contribution in [0.3, 0.4) is 0 Å². The van der Waals surface area contributed by atoms with Gasteiger partial charge in [0.2, 0.25) is 5.91 Å². The van der Waals surface area contributed by atoms with Crippen LogP contribution in [0, 0.1) is 11.3 Å². The van der Waals surface area contributed by atoms with Gasteiger partial charge >= 0.3 is 0 Å². The van der Waals surface area contributed by atoms with Crippen molar-refractivity contribution in [3.63, 3.8) is 0 Å². The Morgan fingerprint density at radius 1 is 1.29 bits per heavy atom. The molecule has 2 aromatic rings. The van der Waals surface area contributed by atoms with Gasteiger partial charge in [-0.1, -0.05) is 0 Å². The fourth-order valence-electron chi connectivity index (χ4n) is 5.13. The van der Waals surface area contributed by atoms with Crippen LogP contribution >= 0.6 is 11.3 Å². The monoisotopic (exact) mass is 401 g/mol. The van der Waals surface area contributed by atoms with E-state index in [1.54, 1.807) is 11.3 Å². The van der Waals surface area contributed by atoms with E-state index >= 15 is 0 Å². The zero-order valence-electron chi connectivity index (χ0n) is 17.2. The van der Waals surface area contributed by atoms with Gasteiger partial charge in [0, 0.05) is 65.6 Å². The molecule has 7 heteroatoms. The molecule has 2 aliphatic heterocycles. The average Bonchev–Trinajstić information content (AvgIpc) is 3.35. The van der Waals surface area contributed by atoms with Crippen LogP contribution in [0.4, 0.5) is 0 Å². The quantitative estimate of drug-likeness (QED) is 0.771. The molecule has 2 aromatic heterocycles. The molecule has 1 amide bonds. The highest BCUT2D eigenvalue weighted by atomic mass is 32.1. The maximum atomic E-state index is 13.3. The van der Waals surface area contributed by atoms with Gasteiger partial charge in [-0.3, -0.25) is 19.3 Å². The Morgan fingerprint density at radius 2 is 2.07 bits per heavy atom. The smallest absolute Gasteiger partial charge is 0.229 e. The number of aryl methyl sites for hydroxylation is 1. The van der Waals surface area contributed by atoms with E-state index < -0.39 is 0 Å². The van der Waals surface area contributed by atoms with E-state index in [9.17, 15) is 4.79 Å². The number of aromatic nitrogens is 2. The lowest BCUT2D eigenvalue weighted by Gasteiger charge is -2.35. The van der Waals surface area contributed by atoms with Crippen molar-refractivity contribution in [1.82, 2.24) is 24.5 Å². The van der Waals surface area contributed by atoms with Crippen molar-refractivity contribution in [3.8, 4) is 0 Å². The summed E-state index contributed by atoms with van der Waals surface area (Å²) in [7, 11) is 5.77. The lowest BCUT2D eigenvalue weighted by Crippen LogP contribution is -2.47. The number of rotatable bonds is 5. The minimum absolute atomic E-state index is 0.255. The Balaban J connectivity index is 1.54. The van der Waals surface area contributed by atoms with E-state index in [2.05, 4.69) is 37.9 Å². The summed E-state index contributed by atoms with van der Waals surface area (Å²) in [5.74, 6) is 0.684. The van der Waals surface area contributed by atoms with Gasteiger partial charge in [-0.15, -0.1) is 0 Å². The number of carbonyl (C=O) groups is 1. The molecular formula is C21H31N5OS. The highest BCUT2D eigenvalue weighted by Gasteiger charge is 2.53. The van der Waals surface area contributed by atoms with Gasteiger partial charge in [-0.2, -0.15) is 16.4 Å². The Kier molecular flexibility index (Phi) is 5.58. The van der Waals surface area contributed by atoms with Crippen LogP contribution in [0.2, 0.25) is 0 Å². The maximum absolute atomic E-state index is 13.3. The molecule has 0 radical (unpaired) electrons. The van der Waals surface area contributed by atoms with Crippen molar-refractivity contribution >= 4 is 17.2 Å². The Hall–Kier alpha value is -1.70. The summed E-state index contributed by atoms with van der Waals surface area (Å²) in [6.45, 7) is 5.78. The molecule has 0 N–H and O–H groups in total. The molecule has 2 aliphatic rings. The second-order valence-corrected chi connectivity index (χ2v) is 9.49. The predicted octanol–water partition coefficient (Wildman–Crippen LogP) is 2.28. The zero-order valence-corrected chi connectivity index (χ0v) is 18.0. The molecule has 0 unspecified atom stereocenters. The van der Waals surface area contributed by atoms with E-state index in [4.69, 9.17) is 0 Å². The van der Waals surface area contributed by atoms with E-state index in [1.165, 1.54) is 11.1 Å². The summed E-state index contributed by atoms with van der Waals surface area (Å²) in [6, 6.07) is 2.22. The van der Waals surface area contributed by atoms with Gasteiger partial charge in [-0.25, -0.2) is 0 Å². The molecular weight excluding hydrogens is 370 g/mol. The van der Waals surface area contributed by atoms with E-state index in [-0.39, 0.29) is 5.41 Å². The van der Waals surface area contributed by atoms with Crippen LogP contribution in [-0.2, 0) is 24.9 Å². The Morgan fingerprint density at radius 3 is 2.75 bits per heavy atom. The summed E-state index contributed by atoms with van der Waals surface area (Å²) in [5, 5.41) is 8.70. The summed E-state index contributed by atoms with van der Waals surface area (Å²) in [5.41, 5.74) is 2.36. The van der Waals surface area contributed by atoms with E-state index in [0.29, 0.717) is 11.8 Å². The lowest BCUT2D eigenvalue weighted by molar-refractivity contribution is -0.141. The standard InChI is InChI=1S/C21H31N5OS/c1-23(2)20(27)21-6-4-7-25(11-17-5-8-28-15-17)13-19(21)14-26(16-21)12-18-9-22-24(3)10-18/h5,8-10,15,19H,4,6-7,11-14,16H2,1-3H3/t19-,21-/m0/s1. The minimum Gasteiger partial charge on any atom is -0.348 e. The molecule has 0 spiro atoms. The van der Waals surface area contributed by atoms with Gasteiger partial charge in [0.05, 0.1) is 11.6 Å². The van der Waals surface area contributed by atoms with Gasteiger partial charge < -0.3 is 4.90 Å².